The molecule has 96 valence electrons. The molecule has 1 aromatic rings. The van der Waals surface area contributed by atoms with E-state index in [1.54, 1.807) is 7.11 Å². The number of nitrogens with one attached hydrogen (secondary N) is 1. The van der Waals surface area contributed by atoms with E-state index in [9.17, 15) is 8.78 Å². The fraction of sp³-hybridized carbons (Fsp3) is 0.500. The minimum absolute atomic E-state index is 0.0971. The lowest BCUT2D eigenvalue weighted by Gasteiger charge is -2.23. The van der Waals surface area contributed by atoms with Gasteiger partial charge in [0.15, 0.2) is 0 Å². The zero-order valence-corrected chi connectivity index (χ0v) is 11.7. The zero-order valence-electron chi connectivity index (χ0n) is 10.1. The van der Waals surface area contributed by atoms with Crippen LogP contribution in [0.3, 0.4) is 0 Å². The van der Waals surface area contributed by atoms with Gasteiger partial charge in [-0.2, -0.15) is 0 Å². The van der Waals surface area contributed by atoms with E-state index in [1.165, 1.54) is 12.1 Å². The molecule has 0 heterocycles. The lowest BCUT2D eigenvalue weighted by atomic mass is 10.1. The normalized spacial score (nSPS) is 11.6. The van der Waals surface area contributed by atoms with Crippen molar-refractivity contribution in [1.82, 2.24) is 0 Å². The number of hydrogen-bond acceptors (Lipinski definition) is 2. The third-order valence-corrected chi connectivity index (χ3v) is 3.05. The highest BCUT2D eigenvalue weighted by molar-refractivity contribution is 9.10. The molecule has 0 saturated heterocycles. The quantitative estimate of drug-likeness (QED) is 0.889. The molecule has 17 heavy (non-hydrogen) atoms. The van der Waals surface area contributed by atoms with E-state index in [0.29, 0.717) is 17.4 Å². The van der Waals surface area contributed by atoms with Gasteiger partial charge in [0.1, 0.15) is 17.3 Å². The summed E-state index contributed by atoms with van der Waals surface area (Å²) in [6, 6.07) is 2.46. The van der Waals surface area contributed by atoms with Crippen LogP contribution in [0.15, 0.2) is 16.6 Å². The summed E-state index contributed by atoms with van der Waals surface area (Å²) >= 11 is 3.03. The van der Waals surface area contributed by atoms with Crippen molar-refractivity contribution in [2.75, 3.05) is 19.0 Å². The van der Waals surface area contributed by atoms with E-state index in [0.717, 1.165) is 0 Å². The Bertz CT molecular complexity index is 373. The number of rotatable bonds is 5. The molecule has 0 saturated carbocycles. The Labute approximate surface area is 108 Å². The molecule has 0 aliphatic heterocycles. The molecule has 1 rings (SSSR count). The van der Waals surface area contributed by atoms with E-state index in [4.69, 9.17) is 4.74 Å². The highest BCUT2D eigenvalue weighted by atomic mass is 79.9. The lowest BCUT2D eigenvalue weighted by Crippen LogP contribution is -2.26. The molecular formula is C12H16BrF2NO. The van der Waals surface area contributed by atoms with Crippen molar-refractivity contribution in [2.24, 2.45) is 0 Å². The first-order chi connectivity index (χ1) is 7.85. The Balaban J connectivity index is 2.64. The fourth-order valence-electron chi connectivity index (χ4n) is 1.30. The standard InChI is InChI=1S/C12H16BrF2NO/c1-12(2,17-3)4-5-16-11-9(14)6-8(13)7-10(11)15/h6-7,16H,4-5H2,1-3H3. The maximum atomic E-state index is 13.4. The predicted molar refractivity (Wildman–Crippen MR) is 68.3 cm³/mol. The van der Waals surface area contributed by atoms with Crippen LogP contribution in [0.25, 0.3) is 0 Å². The van der Waals surface area contributed by atoms with Gasteiger partial charge in [-0.3, -0.25) is 0 Å². The Kier molecular flexibility index (Phi) is 4.89. The summed E-state index contributed by atoms with van der Waals surface area (Å²) in [4.78, 5) is 0. The van der Waals surface area contributed by atoms with Crippen LogP contribution >= 0.6 is 15.9 Å². The molecule has 5 heteroatoms. The Hall–Kier alpha value is -0.680. The van der Waals surface area contributed by atoms with E-state index in [2.05, 4.69) is 21.2 Å². The number of ether oxygens (including phenoxy) is 1. The zero-order chi connectivity index (χ0) is 13.1. The van der Waals surface area contributed by atoms with Crippen molar-refractivity contribution in [3.8, 4) is 0 Å². The fourth-order valence-corrected chi connectivity index (χ4v) is 1.70. The van der Waals surface area contributed by atoms with Crippen LogP contribution in [0.4, 0.5) is 14.5 Å². The van der Waals surface area contributed by atoms with Gasteiger partial charge in [-0.25, -0.2) is 8.78 Å². The first-order valence-corrected chi connectivity index (χ1v) is 6.08. The van der Waals surface area contributed by atoms with E-state index >= 15 is 0 Å². The van der Waals surface area contributed by atoms with Gasteiger partial charge in [0, 0.05) is 18.1 Å². The highest BCUT2D eigenvalue weighted by Gasteiger charge is 2.16. The van der Waals surface area contributed by atoms with Crippen LogP contribution in [0.2, 0.25) is 0 Å². The highest BCUT2D eigenvalue weighted by Crippen LogP contribution is 2.24. The monoisotopic (exact) mass is 307 g/mol. The van der Waals surface area contributed by atoms with E-state index < -0.39 is 11.6 Å². The summed E-state index contributed by atoms with van der Waals surface area (Å²) in [5, 5.41) is 2.75. The number of benzene rings is 1. The second-order valence-electron chi connectivity index (χ2n) is 4.39. The molecule has 2 nitrogen and oxygen atoms in total. The molecule has 0 spiro atoms. The number of anilines is 1. The Morgan fingerprint density at radius 3 is 2.29 bits per heavy atom. The van der Waals surface area contributed by atoms with Gasteiger partial charge >= 0.3 is 0 Å². The van der Waals surface area contributed by atoms with Crippen molar-refractivity contribution < 1.29 is 13.5 Å². The van der Waals surface area contributed by atoms with Gasteiger partial charge in [0.05, 0.1) is 5.60 Å². The molecule has 0 aromatic heterocycles. The maximum Gasteiger partial charge on any atom is 0.150 e. The summed E-state index contributed by atoms with van der Waals surface area (Å²) < 4.78 is 32.5. The minimum Gasteiger partial charge on any atom is -0.380 e. The van der Waals surface area contributed by atoms with Crippen molar-refractivity contribution in [3.63, 3.8) is 0 Å². The molecule has 0 unspecified atom stereocenters. The van der Waals surface area contributed by atoms with Crippen LogP contribution in [0.5, 0.6) is 0 Å². The summed E-state index contributed by atoms with van der Waals surface area (Å²) in [5.74, 6) is -1.21. The SMILES string of the molecule is COC(C)(C)CCNc1c(F)cc(Br)cc1F. The van der Waals surface area contributed by atoms with Gasteiger partial charge in [-0.15, -0.1) is 0 Å². The third kappa shape index (κ3) is 4.24. The van der Waals surface area contributed by atoms with Crippen LogP contribution in [-0.4, -0.2) is 19.3 Å². The second-order valence-corrected chi connectivity index (χ2v) is 5.30. The summed E-state index contributed by atoms with van der Waals surface area (Å²) in [7, 11) is 1.61. The molecule has 0 amide bonds. The molecule has 0 aliphatic rings. The van der Waals surface area contributed by atoms with Gasteiger partial charge in [0.2, 0.25) is 0 Å². The van der Waals surface area contributed by atoms with Crippen molar-refractivity contribution in [1.29, 1.82) is 0 Å². The van der Waals surface area contributed by atoms with Crippen molar-refractivity contribution in [3.05, 3.63) is 28.2 Å². The average Bonchev–Trinajstić information content (AvgIpc) is 2.22. The number of halogens is 3. The smallest absolute Gasteiger partial charge is 0.150 e. The van der Waals surface area contributed by atoms with Crippen LogP contribution < -0.4 is 5.32 Å². The molecule has 0 aliphatic carbocycles. The van der Waals surface area contributed by atoms with Gasteiger partial charge < -0.3 is 10.1 Å². The van der Waals surface area contributed by atoms with Gasteiger partial charge in [0.25, 0.3) is 0 Å². The lowest BCUT2D eigenvalue weighted by molar-refractivity contribution is 0.0184. The third-order valence-electron chi connectivity index (χ3n) is 2.59. The molecule has 1 N–H and O–H groups in total. The second kappa shape index (κ2) is 5.78. The molecule has 1 aromatic carbocycles. The van der Waals surface area contributed by atoms with Crippen molar-refractivity contribution in [2.45, 2.75) is 25.9 Å². The minimum atomic E-state index is -0.605. The number of methoxy groups -OCH3 is 1. The summed E-state index contributed by atoms with van der Waals surface area (Å²) in [6.07, 6.45) is 0.651. The molecule has 0 fully saturated rings. The molecular weight excluding hydrogens is 292 g/mol. The predicted octanol–water partition coefficient (Wildman–Crippen LogP) is 3.95. The Morgan fingerprint density at radius 2 is 1.82 bits per heavy atom. The van der Waals surface area contributed by atoms with E-state index in [1.807, 2.05) is 13.8 Å². The molecule has 0 atom stereocenters. The summed E-state index contributed by atoms with van der Waals surface area (Å²) in [5.41, 5.74) is -0.407. The van der Waals surface area contributed by atoms with E-state index in [-0.39, 0.29) is 11.3 Å². The first-order valence-electron chi connectivity index (χ1n) is 5.29. The number of hydrogen-bond donors (Lipinski definition) is 1. The molecule has 0 radical (unpaired) electrons. The largest absolute Gasteiger partial charge is 0.380 e. The topological polar surface area (TPSA) is 21.3 Å². The first kappa shape index (κ1) is 14.4. The van der Waals surface area contributed by atoms with Crippen LogP contribution in [0.1, 0.15) is 20.3 Å². The Morgan fingerprint density at radius 1 is 1.29 bits per heavy atom. The van der Waals surface area contributed by atoms with Crippen LogP contribution in [-0.2, 0) is 4.74 Å². The van der Waals surface area contributed by atoms with Gasteiger partial charge in [-0.1, -0.05) is 15.9 Å². The summed E-state index contributed by atoms with van der Waals surface area (Å²) in [6.45, 7) is 4.28. The molecule has 0 bridgehead atoms. The van der Waals surface area contributed by atoms with Crippen LogP contribution in [0, 0.1) is 11.6 Å². The average molecular weight is 308 g/mol. The van der Waals surface area contributed by atoms with Gasteiger partial charge in [-0.05, 0) is 32.4 Å². The maximum absolute atomic E-state index is 13.4. The van der Waals surface area contributed by atoms with Crippen molar-refractivity contribution >= 4 is 21.6 Å².